The Labute approximate surface area is 115 Å². The first kappa shape index (κ1) is 11.9. The van der Waals surface area contributed by atoms with E-state index in [2.05, 4.69) is 5.32 Å². The van der Waals surface area contributed by atoms with Gasteiger partial charge in [-0.25, -0.2) is 0 Å². The summed E-state index contributed by atoms with van der Waals surface area (Å²) in [5.41, 5.74) is 2.76. The summed E-state index contributed by atoms with van der Waals surface area (Å²) in [6, 6.07) is 12.1. The zero-order valence-corrected chi connectivity index (χ0v) is 10.7. The van der Waals surface area contributed by atoms with Crippen LogP contribution in [0.1, 0.15) is 21.5 Å². The van der Waals surface area contributed by atoms with E-state index in [9.17, 15) is 9.59 Å². The maximum atomic E-state index is 12.3. The number of rotatable bonds is 2. The fourth-order valence-electron chi connectivity index (χ4n) is 2.17. The predicted molar refractivity (Wildman–Crippen MR) is 73.7 cm³/mol. The van der Waals surface area contributed by atoms with Gasteiger partial charge in [0, 0.05) is 21.8 Å². The highest BCUT2D eigenvalue weighted by atomic mass is 35.5. The summed E-state index contributed by atoms with van der Waals surface area (Å²) in [4.78, 5) is 23.6. The Hall–Kier alpha value is -2.13. The van der Waals surface area contributed by atoms with Gasteiger partial charge in [-0.05, 0) is 35.9 Å². The monoisotopic (exact) mass is 271 g/mol. The Bertz CT molecular complexity index is 694. The van der Waals surface area contributed by atoms with Gasteiger partial charge in [0.2, 0.25) is 5.91 Å². The zero-order chi connectivity index (χ0) is 13.4. The first-order chi connectivity index (χ1) is 9.13. The number of carbonyl (C=O) groups excluding carboxylic acids is 2. The maximum Gasteiger partial charge on any atom is 0.228 e. The Morgan fingerprint density at radius 2 is 1.89 bits per heavy atom. The van der Waals surface area contributed by atoms with Gasteiger partial charge in [0.15, 0.2) is 5.78 Å². The molecular weight excluding hydrogens is 262 g/mol. The Kier molecular flexibility index (Phi) is 2.84. The van der Waals surface area contributed by atoms with E-state index in [0.717, 1.165) is 11.3 Å². The second-order valence-corrected chi connectivity index (χ2v) is 4.87. The Morgan fingerprint density at radius 3 is 2.68 bits per heavy atom. The summed E-state index contributed by atoms with van der Waals surface area (Å²) in [7, 11) is 0. The van der Waals surface area contributed by atoms with Gasteiger partial charge >= 0.3 is 0 Å². The number of hydrogen-bond donors (Lipinski definition) is 1. The van der Waals surface area contributed by atoms with E-state index in [1.807, 2.05) is 0 Å². The number of benzene rings is 2. The van der Waals surface area contributed by atoms with Crippen LogP contribution in [0.5, 0.6) is 0 Å². The van der Waals surface area contributed by atoms with Gasteiger partial charge in [-0.1, -0.05) is 23.7 Å². The van der Waals surface area contributed by atoms with Crippen molar-refractivity contribution in [1.29, 1.82) is 0 Å². The number of nitrogens with one attached hydrogen (secondary N) is 1. The normalized spacial score (nSPS) is 13.0. The molecule has 0 saturated heterocycles. The van der Waals surface area contributed by atoms with E-state index < -0.39 is 0 Å². The van der Waals surface area contributed by atoms with Gasteiger partial charge in [-0.2, -0.15) is 0 Å². The molecule has 3 nitrogen and oxygen atoms in total. The molecule has 0 saturated carbocycles. The first-order valence-electron chi connectivity index (χ1n) is 5.86. The standard InChI is InChI=1S/C15H10ClNO2/c16-12-3-1-2-9(7-12)15(19)10-4-5-13-11(6-10)8-14(18)17-13/h1-7H,8H2,(H,17,18). The molecule has 4 heteroatoms. The third-order valence-electron chi connectivity index (χ3n) is 3.08. The van der Waals surface area contributed by atoms with Crippen LogP contribution in [0.25, 0.3) is 0 Å². The molecule has 19 heavy (non-hydrogen) atoms. The highest BCUT2D eigenvalue weighted by molar-refractivity contribution is 6.31. The number of fused-ring (bicyclic) bond motifs is 1. The molecule has 0 aliphatic carbocycles. The van der Waals surface area contributed by atoms with Crippen molar-refractivity contribution in [2.45, 2.75) is 6.42 Å². The Morgan fingerprint density at radius 1 is 1.11 bits per heavy atom. The van der Waals surface area contributed by atoms with Gasteiger partial charge in [0.25, 0.3) is 0 Å². The summed E-state index contributed by atoms with van der Waals surface area (Å²) < 4.78 is 0. The quantitative estimate of drug-likeness (QED) is 0.853. The van der Waals surface area contributed by atoms with E-state index >= 15 is 0 Å². The molecule has 1 N–H and O–H groups in total. The minimum absolute atomic E-state index is 0.0395. The van der Waals surface area contributed by atoms with Crippen LogP contribution in [0.2, 0.25) is 5.02 Å². The third kappa shape index (κ3) is 2.25. The third-order valence-corrected chi connectivity index (χ3v) is 3.31. The van der Waals surface area contributed by atoms with Gasteiger partial charge in [0.05, 0.1) is 6.42 Å². The largest absolute Gasteiger partial charge is 0.326 e. The summed E-state index contributed by atoms with van der Waals surface area (Å²) in [5, 5.41) is 3.27. The van der Waals surface area contributed by atoms with E-state index in [1.54, 1.807) is 42.5 Å². The van der Waals surface area contributed by atoms with E-state index in [4.69, 9.17) is 11.6 Å². The lowest BCUT2D eigenvalue weighted by molar-refractivity contribution is -0.115. The fraction of sp³-hybridized carbons (Fsp3) is 0.0667. The minimum atomic E-state index is -0.0929. The van der Waals surface area contributed by atoms with Crippen LogP contribution in [0.4, 0.5) is 5.69 Å². The van der Waals surface area contributed by atoms with E-state index in [0.29, 0.717) is 22.6 Å². The molecule has 1 aliphatic rings. The molecule has 0 spiro atoms. The number of halogens is 1. The van der Waals surface area contributed by atoms with Crippen LogP contribution in [-0.2, 0) is 11.2 Å². The lowest BCUT2D eigenvalue weighted by Gasteiger charge is -2.04. The molecular formula is C15H10ClNO2. The summed E-state index contributed by atoms with van der Waals surface area (Å²) in [6.45, 7) is 0. The lowest BCUT2D eigenvalue weighted by atomic mass is 10.0. The van der Waals surface area contributed by atoms with Gasteiger partial charge in [-0.3, -0.25) is 9.59 Å². The molecule has 94 valence electrons. The molecule has 0 aromatic heterocycles. The molecule has 0 bridgehead atoms. The average Bonchev–Trinajstić information content (AvgIpc) is 2.76. The van der Waals surface area contributed by atoms with Gasteiger partial charge < -0.3 is 5.32 Å². The van der Waals surface area contributed by atoms with E-state index in [1.165, 1.54) is 0 Å². The van der Waals surface area contributed by atoms with Crippen LogP contribution in [0.3, 0.4) is 0 Å². The summed E-state index contributed by atoms with van der Waals surface area (Å²) in [6.07, 6.45) is 0.325. The van der Waals surface area contributed by atoms with Crippen molar-refractivity contribution in [2.75, 3.05) is 5.32 Å². The van der Waals surface area contributed by atoms with Crippen molar-refractivity contribution in [3.63, 3.8) is 0 Å². The van der Waals surface area contributed by atoms with Crippen molar-refractivity contribution in [3.8, 4) is 0 Å². The van der Waals surface area contributed by atoms with Crippen molar-refractivity contribution in [1.82, 2.24) is 0 Å². The SMILES string of the molecule is O=C1Cc2cc(C(=O)c3cccc(Cl)c3)ccc2N1. The van der Waals surface area contributed by atoms with Crippen LogP contribution in [-0.4, -0.2) is 11.7 Å². The highest BCUT2D eigenvalue weighted by Crippen LogP contribution is 2.25. The molecule has 0 fully saturated rings. The van der Waals surface area contributed by atoms with Crippen LogP contribution in [0, 0.1) is 0 Å². The van der Waals surface area contributed by atoms with Crippen molar-refractivity contribution >= 4 is 29.0 Å². The molecule has 0 radical (unpaired) electrons. The first-order valence-corrected chi connectivity index (χ1v) is 6.24. The zero-order valence-electron chi connectivity index (χ0n) is 9.94. The van der Waals surface area contributed by atoms with Crippen molar-refractivity contribution in [3.05, 3.63) is 64.2 Å². The predicted octanol–water partition coefficient (Wildman–Crippen LogP) is 3.07. The molecule has 1 heterocycles. The molecule has 3 rings (SSSR count). The number of ketones is 1. The van der Waals surface area contributed by atoms with E-state index in [-0.39, 0.29) is 11.7 Å². The van der Waals surface area contributed by atoms with Crippen LogP contribution in [0.15, 0.2) is 42.5 Å². The minimum Gasteiger partial charge on any atom is -0.326 e. The number of hydrogen-bond acceptors (Lipinski definition) is 2. The fourth-order valence-corrected chi connectivity index (χ4v) is 2.36. The molecule has 0 atom stereocenters. The number of amides is 1. The topological polar surface area (TPSA) is 46.2 Å². The summed E-state index contributed by atoms with van der Waals surface area (Å²) >= 11 is 5.88. The molecule has 1 amide bonds. The van der Waals surface area contributed by atoms with Crippen LogP contribution < -0.4 is 5.32 Å². The molecule has 2 aromatic rings. The molecule has 0 unspecified atom stereocenters. The number of carbonyl (C=O) groups is 2. The second kappa shape index (κ2) is 4.52. The molecule has 2 aromatic carbocycles. The smallest absolute Gasteiger partial charge is 0.228 e. The van der Waals surface area contributed by atoms with Crippen molar-refractivity contribution < 1.29 is 9.59 Å². The van der Waals surface area contributed by atoms with Gasteiger partial charge in [0.1, 0.15) is 0 Å². The molecule has 1 aliphatic heterocycles. The van der Waals surface area contributed by atoms with Gasteiger partial charge in [-0.15, -0.1) is 0 Å². The second-order valence-electron chi connectivity index (χ2n) is 4.44. The van der Waals surface area contributed by atoms with Crippen LogP contribution >= 0.6 is 11.6 Å². The highest BCUT2D eigenvalue weighted by Gasteiger charge is 2.19. The maximum absolute atomic E-state index is 12.3. The number of anilines is 1. The van der Waals surface area contributed by atoms with Crippen molar-refractivity contribution in [2.24, 2.45) is 0 Å². The average molecular weight is 272 g/mol. The Balaban J connectivity index is 1.97. The lowest BCUT2D eigenvalue weighted by Crippen LogP contribution is -2.03. The summed E-state index contributed by atoms with van der Waals surface area (Å²) in [5.74, 6) is -0.132.